The van der Waals surface area contributed by atoms with E-state index in [1.807, 2.05) is 14.0 Å². The maximum absolute atomic E-state index is 5.84. The fourth-order valence-corrected chi connectivity index (χ4v) is 1.47. The van der Waals surface area contributed by atoms with Gasteiger partial charge in [-0.1, -0.05) is 0 Å². The molecule has 2 heterocycles. The predicted octanol–water partition coefficient (Wildman–Crippen LogP) is 0.207. The zero-order valence-electron chi connectivity index (χ0n) is 8.78. The molecule has 15 heavy (non-hydrogen) atoms. The highest BCUT2D eigenvalue weighted by Gasteiger charge is 2.11. The first kappa shape index (κ1) is 9.57. The smallest absolute Gasteiger partial charge is 0.0915 e. The van der Waals surface area contributed by atoms with Crippen LogP contribution in [0.5, 0.6) is 0 Å². The molecule has 0 bridgehead atoms. The molecule has 0 aromatic carbocycles. The maximum Gasteiger partial charge on any atom is 0.0915 e. The van der Waals surface area contributed by atoms with Gasteiger partial charge in [-0.05, 0) is 6.92 Å². The minimum absolute atomic E-state index is 0.558. The Hall–Kier alpha value is -1.98. The molecule has 2 aromatic rings. The summed E-state index contributed by atoms with van der Waals surface area (Å²) >= 11 is 0. The summed E-state index contributed by atoms with van der Waals surface area (Å²) in [4.78, 5) is 0. The van der Waals surface area contributed by atoms with E-state index < -0.39 is 0 Å². The van der Waals surface area contributed by atoms with Gasteiger partial charge in [-0.15, -0.1) is 0 Å². The SMILES string of the molecule is Cc1[nH]nc(Cc2nn(C)cc2N)c1N. The first-order valence-electron chi connectivity index (χ1n) is 4.65. The molecular weight excluding hydrogens is 192 g/mol. The highest BCUT2D eigenvalue weighted by molar-refractivity contribution is 5.51. The van der Waals surface area contributed by atoms with Gasteiger partial charge < -0.3 is 11.5 Å². The number of hydrogen-bond donors (Lipinski definition) is 3. The Kier molecular flexibility index (Phi) is 2.11. The number of nitrogens with two attached hydrogens (primary N) is 2. The number of rotatable bonds is 2. The van der Waals surface area contributed by atoms with Gasteiger partial charge >= 0.3 is 0 Å². The second-order valence-electron chi connectivity index (χ2n) is 3.59. The van der Waals surface area contributed by atoms with Gasteiger partial charge in [0.25, 0.3) is 0 Å². The third kappa shape index (κ3) is 1.65. The Labute approximate surface area is 87.3 Å². The van der Waals surface area contributed by atoms with Crippen LogP contribution < -0.4 is 11.5 Å². The van der Waals surface area contributed by atoms with Gasteiger partial charge in [0.05, 0.1) is 28.5 Å². The topological polar surface area (TPSA) is 98.5 Å². The summed E-state index contributed by atoms with van der Waals surface area (Å²) in [5.41, 5.74) is 15.4. The first-order chi connectivity index (χ1) is 7.08. The number of nitrogens with one attached hydrogen (secondary N) is 1. The average molecular weight is 206 g/mol. The summed E-state index contributed by atoms with van der Waals surface area (Å²) in [5, 5.41) is 11.2. The zero-order valence-corrected chi connectivity index (χ0v) is 8.78. The molecule has 0 atom stereocenters. The van der Waals surface area contributed by atoms with Crippen LogP contribution in [0.2, 0.25) is 0 Å². The van der Waals surface area contributed by atoms with Gasteiger partial charge in [0.15, 0.2) is 0 Å². The van der Waals surface area contributed by atoms with Crippen molar-refractivity contribution < 1.29 is 0 Å². The van der Waals surface area contributed by atoms with Gasteiger partial charge in [-0.3, -0.25) is 9.78 Å². The van der Waals surface area contributed by atoms with Crippen molar-refractivity contribution in [2.75, 3.05) is 11.5 Å². The van der Waals surface area contributed by atoms with Crippen molar-refractivity contribution in [2.24, 2.45) is 7.05 Å². The lowest BCUT2D eigenvalue weighted by molar-refractivity contribution is 0.747. The van der Waals surface area contributed by atoms with Crippen molar-refractivity contribution in [3.05, 3.63) is 23.3 Å². The number of nitrogens with zero attached hydrogens (tertiary/aromatic N) is 3. The molecule has 0 saturated carbocycles. The van der Waals surface area contributed by atoms with E-state index in [0.717, 1.165) is 17.1 Å². The van der Waals surface area contributed by atoms with Crippen molar-refractivity contribution in [1.29, 1.82) is 0 Å². The van der Waals surface area contributed by atoms with Crippen LogP contribution in [0.1, 0.15) is 17.1 Å². The van der Waals surface area contributed by atoms with Crippen LogP contribution in [0.4, 0.5) is 11.4 Å². The monoisotopic (exact) mass is 206 g/mol. The standard InChI is InChI=1S/C9H14N6/c1-5-9(11)8(13-12-5)3-7-6(10)4-15(2)14-7/h4H,3,10-11H2,1-2H3,(H,12,13). The molecule has 80 valence electrons. The van der Waals surface area contributed by atoms with Crippen LogP contribution in [0.25, 0.3) is 0 Å². The van der Waals surface area contributed by atoms with E-state index >= 15 is 0 Å². The van der Waals surface area contributed by atoms with Gasteiger partial charge in [0, 0.05) is 19.7 Å². The van der Waals surface area contributed by atoms with Crippen molar-refractivity contribution >= 4 is 11.4 Å². The molecule has 0 unspecified atom stereocenters. The summed E-state index contributed by atoms with van der Waals surface area (Å²) in [6.45, 7) is 1.88. The molecule has 0 amide bonds. The molecule has 5 N–H and O–H groups in total. The number of anilines is 2. The fourth-order valence-electron chi connectivity index (χ4n) is 1.47. The van der Waals surface area contributed by atoms with E-state index in [4.69, 9.17) is 11.5 Å². The lowest BCUT2D eigenvalue weighted by atomic mass is 10.2. The van der Waals surface area contributed by atoms with E-state index in [1.165, 1.54) is 0 Å². The third-order valence-corrected chi connectivity index (χ3v) is 2.35. The Morgan fingerprint density at radius 3 is 2.60 bits per heavy atom. The highest BCUT2D eigenvalue weighted by Crippen LogP contribution is 2.18. The van der Waals surface area contributed by atoms with Crippen LogP contribution in [-0.4, -0.2) is 20.0 Å². The highest BCUT2D eigenvalue weighted by atomic mass is 15.3. The number of aromatic nitrogens is 4. The van der Waals surface area contributed by atoms with E-state index in [1.54, 1.807) is 10.9 Å². The summed E-state index contributed by atoms with van der Waals surface area (Å²) in [5.74, 6) is 0. The van der Waals surface area contributed by atoms with Crippen LogP contribution in [0.3, 0.4) is 0 Å². The van der Waals surface area contributed by atoms with Crippen LogP contribution >= 0.6 is 0 Å². The zero-order chi connectivity index (χ0) is 11.0. The lowest BCUT2D eigenvalue weighted by Crippen LogP contribution is -1.98. The molecule has 0 radical (unpaired) electrons. The number of aromatic amines is 1. The first-order valence-corrected chi connectivity index (χ1v) is 4.65. The summed E-state index contributed by atoms with van der Waals surface area (Å²) in [7, 11) is 1.83. The molecular formula is C9H14N6. The predicted molar refractivity (Wildman–Crippen MR) is 58.2 cm³/mol. The number of H-pyrrole nitrogens is 1. The lowest BCUT2D eigenvalue weighted by Gasteiger charge is -1.96. The van der Waals surface area contributed by atoms with E-state index in [0.29, 0.717) is 17.8 Å². The molecule has 2 aromatic heterocycles. The Morgan fingerprint density at radius 2 is 2.13 bits per heavy atom. The number of nitrogen functional groups attached to an aromatic ring is 2. The van der Waals surface area contributed by atoms with Crippen LogP contribution in [-0.2, 0) is 13.5 Å². The molecule has 0 aliphatic rings. The Balaban J connectivity index is 2.29. The largest absolute Gasteiger partial charge is 0.396 e. The van der Waals surface area contributed by atoms with Crippen molar-refractivity contribution in [2.45, 2.75) is 13.3 Å². The van der Waals surface area contributed by atoms with Crippen molar-refractivity contribution in [3.63, 3.8) is 0 Å². The average Bonchev–Trinajstić information content (AvgIpc) is 2.64. The van der Waals surface area contributed by atoms with Gasteiger partial charge in [-0.2, -0.15) is 10.2 Å². The number of aryl methyl sites for hydroxylation is 2. The molecule has 0 aliphatic heterocycles. The third-order valence-electron chi connectivity index (χ3n) is 2.35. The van der Waals surface area contributed by atoms with Gasteiger partial charge in [0.2, 0.25) is 0 Å². The van der Waals surface area contributed by atoms with Crippen LogP contribution in [0, 0.1) is 6.92 Å². The molecule has 0 spiro atoms. The Morgan fingerprint density at radius 1 is 1.40 bits per heavy atom. The maximum atomic E-state index is 5.84. The number of hydrogen-bond acceptors (Lipinski definition) is 4. The summed E-state index contributed by atoms with van der Waals surface area (Å²) < 4.78 is 1.68. The normalized spacial score (nSPS) is 10.8. The second kappa shape index (κ2) is 3.30. The molecule has 6 nitrogen and oxygen atoms in total. The van der Waals surface area contributed by atoms with E-state index in [-0.39, 0.29) is 0 Å². The fraction of sp³-hybridized carbons (Fsp3) is 0.333. The molecule has 6 heteroatoms. The Bertz CT molecular complexity index is 481. The molecule has 0 saturated heterocycles. The molecule has 2 rings (SSSR count). The summed E-state index contributed by atoms with van der Waals surface area (Å²) in [6.07, 6.45) is 2.33. The summed E-state index contributed by atoms with van der Waals surface area (Å²) in [6, 6.07) is 0. The molecule has 0 fully saturated rings. The van der Waals surface area contributed by atoms with Crippen molar-refractivity contribution in [1.82, 2.24) is 20.0 Å². The second-order valence-corrected chi connectivity index (χ2v) is 3.59. The van der Waals surface area contributed by atoms with Crippen LogP contribution in [0.15, 0.2) is 6.20 Å². The minimum atomic E-state index is 0.558. The van der Waals surface area contributed by atoms with Gasteiger partial charge in [-0.25, -0.2) is 0 Å². The van der Waals surface area contributed by atoms with E-state index in [2.05, 4.69) is 15.3 Å². The van der Waals surface area contributed by atoms with Crippen molar-refractivity contribution in [3.8, 4) is 0 Å². The van der Waals surface area contributed by atoms with E-state index in [9.17, 15) is 0 Å². The molecule has 0 aliphatic carbocycles. The van der Waals surface area contributed by atoms with Gasteiger partial charge in [0.1, 0.15) is 0 Å². The quantitative estimate of drug-likeness (QED) is 0.654. The minimum Gasteiger partial charge on any atom is -0.396 e.